The molecule has 44 heavy (non-hydrogen) atoms. The number of unbranched alkanes of at least 4 members (excludes halogenated alkanes) is 6. The lowest BCUT2D eigenvalue weighted by Crippen LogP contribution is -2.61. The van der Waals surface area contributed by atoms with Gasteiger partial charge in [0.05, 0.1) is 32.0 Å². The lowest BCUT2D eigenvalue weighted by Gasteiger charge is -2.44. The molecular formula is C35H50O9. The van der Waals surface area contributed by atoms with Gasteiger partial charge in [-0.1, -0.05) is 100 Å². The van der Waals surface area contributed by atoms with Crippen molar-refractivity contribution in [2.24, 2.45) is 0 Å². The average molecular weight is 615 g/mol. The number of rotatable bonds is 20. The number of carbonyl (C=O) groups is 2. The van der Waals surface area contributed by atoms with Crippen LogP contribution in [0.2, 0.25) is 0 Å². The van der Waals surface area contributed by atoms with Gasteiger partial charge in [-0.25, -0.2) is 4.79 Å². The van der Waals surface area contributed by atoms with E-state index in [9.17, 15) is 19.8 Å². The standard InChI is InChI=1S/C35H50O9/c1-3-17-28(22-15-7-5-4-6-8-16-23-30(37)40-2)42-35-33(44-34(39)27-20-13-10-14-21-27)32(31(38)29(24-36)43-35)41-25-26-18-11-9-12-19-26/h9-14,18-21,28-29,31-33,35-36,38H,3-8,15-17,22-25H2,1-2H3/t28-,29+,31+,32-,33+,35+/m0/s1. The molecular weight excluding hydrogens is 564 g/mol. The van der Waals surface area contributed by atoms with Gasteiger partial charge < -0.3 is 33.9 Å². The normalized spacial score (nSPS) is 22.3. The van der Waals surface area contributed by atoms with E-state index in [0.29, 0.717) is 12.0 Å². The highest BCUT2D eigenvalue weighted by Crippen LogP contribution is 2.30. The number of ether oxygens (including phenoxy) is 5. The van der Waals surface area contributed by atoms with Gasteiger partial charge in [-0.15, -0.1) is 0 Å². The van der Waals surface area contributed by atoms with Crippen LogP contribution >= 0.6 is 0 Å². The quantitative estimate of drug-likeness (QED) is 0.142. The Balaban J connectivity index is 1.64. The molecule has 1 aliphatic heterocycles. The molecule has 2 N–H and O–H groups in total. The average Bonchev–Trinajstić information content (AvgIpc) is 3.05. The monoisotopic (exact) mass is 614 g/mol. The van der Waals surface area contributed by atoms with Crippen molar-refractivity contribution in [3.63, 3.8) is 0 Å². The van der Waals surface area contributed by atoms with E-state index in [0.717, 1.165) is 69.8 Å². The van der Waals surface area contributed by atoms with Gasteiger partial charge in [-0.05, 0) is 37.0 Å². The highest BCUT2D eigenvalue weighted by Gasteiger charge is 2.49. The fourth-order valence-electron chi connectivity index (χ4n) is 5.42. The molecule has 2 aromatic carbocycles. The molecule has 0 unspecified atom stereocenters. The Hall–Kier alpha value is -2.82. The summed E-state index contributed by atoms with van der Waals surface area (Å²) in [5.74, 6) is -0.728. The van der Waals surface area contributed by atoms with Crippen molar-refractivity contribution in [3.05, 3.63) is 71.8 Å². The van der Waals surface area contributed by atoms with Crippen molar-refractivity contribution < 1.29 is 43.5 Å². The highest BCUT2D eigenvalue weighted by atomic mass is 16.7. The van der Waals surface area contributed by atoms with Crippen molar-refractivity contribution in [2.75, 3.05) is 13.7 Å². The summed E-state index contributed by atoms with van der Waals surface area (Å²) in [6.45, 7) is 1.82. The summed E-state index contributed by atoms with van der Waals surface area (Å²) in [6.07, 6.45) is 4.71. The number of hydrogen-bond acceptors (Lipinski definition) is 9. The van der Waals surface area contributed by atoms with Gasteiger partial charge in [0.1, 0.15) is 18.3 Å². The van der Waals surface area contributed by atoms with Crippen LogP contribution in [0.3, 0.4) is 0 Å². The van der Waals surface area contributed by atoms with Gasteiger partial charge in [-0.3, -0.25) is 4.79 Å². The third-order valence-corrected chi connectivity index (χ3v) is 7.91. The molecule has 0 amide bonds. The molecule has 244 valence electrons. The first kappa shape index (κ1) is 35.7. The van der Waals surface area contributed by atoms with E-state index in [1.54, 1.807) is 24.3 Å². The summed E-state index contributed by atoms with van der Waals surface area (Å²) in [4.78, 5) is 24.4. The molecule has 1 aliphatic rings. The number of aliphatic hydroxyl groups excluding tert-OH is 2. The van der Waals surface area contributed by atoms with Crippen LogP contribution in [0.5, 0.6) is 0 Å². The number of hydrogen-bond donors (Lipinski definition) is 2. The lowest BCUT2D eigenvalue weighted by atomic mass is 9.98. The molecule has 1 saturated heterocycles. The van der Waals surface area contributed by atoms with Crippen LogP contribution < -0.4 is 0 Å². The lowest BCUT2D eigenvalue weighted by molar-refractivity contribution is -0.318. The summed E-state index contributed by atoms with van der Waals surface area (Å²) in [7, 11) is 1.42. The molecule has 9 nitrogen and oxygen atoms in total. The van der Waals surface area contributed by atoms with Crippen molar-refractivity contribution in [1.29, 1.82) is 0 Å². The number of aliphatic hydroxyl groups is 2. The second-order valence-corrected chi connectivity index (χ2v) is 11.3. The van der Waals surface area contributed by atoms with Gasteiger partial charge in [0, 0.05) is 6.42 Å². The highest BCUT2D eigenvalue weighted by molar-refractivity contribution is 5.89. The number of methoxy groups -OCH3 is 1. The molecule has 0 saturated carbocycles. The molecule has 0 radical (unpaired) electrons. The Kier molecular flexibility index (Phi) is 16.4. The van der Waals surface area contributed by atoms with E-state index in [1.807, 2.05) is 36.4 Å². The maximum absolute atomic E-state index is 13.2. The first-order valence-corrected chi connectivity index (χ1v) is 16.0. The predicted molar refractivity (Wildman–Crippen MR) is 166 cm³/mol. The molecule has 0 bridgehead atoms. The fourth-order valence-corrected chi connectivity index (χ4v) is 5.42. The molecule has 1 fully saturated rings. The summed E-state index contributed by atoms with van der Waals surface area (Å²) >= 11 is 0. The van der Waals surface area contributed by atoms with Crippen LogP contribution in [-0.2, 0) is 35.1 Å². The van der Waals surface area contributed by atoms with Crippen molar-refractivity contribution in [1.82, 2.24) is 0 Å². The maximum atomic E-state index is 13.2. The minimum absolute atomic E-state index is 0.153. The van der Waals surface area contributed by atoms with E-state index in [4.69, 9.17) is 18.9 Å². The summed E-state index contributed by atoms with van der Waals surface area (Å²) in [5.41, 5.74) is 1.26. The number of esters is 2. The first-order valence-electron chi connectivity index (χ1n) is 16.0. The third-order valence-electron chi connectivity index (χ3n) is 7.91. The molecule has 0 spiro atoms. The number of carbonyl (C=O) groups excluding carboxylic acids is 2. The summed E-state index contributed by atoms with van der Waals surface area (Å²) < 4.78 is 29.4. The third kappa shape index (κ3) is 11.9. The molecule has 0 aliphatic carbocycles. The second-order valence-electron chi connectivity index (χ2n) is 11.3. The zero-order chi connectivity index (χ0) is 31.6. The zero-order valence-corrected chi connectivity index (χ0v) is 26.2. The smallest absolute Gasteiger partial charge is 0.338 e. The SMILES string of the molecule is CCC[C@@H](CCCCCCCCCC(=O)OC)O[C@@H]1O[C@H](CO)[C@@H](O)[C@H](OCc2ccccc2)[C@H]1OC(=O)c1ccccc1. The Morgan fingerprint density at radius 2 is 1.50 bits per heavy atom. The van der Waals surface area contributed by atoms with Gasteiger partial charge in [-0.2, -0.15) is 0 Å². The van der Waals surface area contributed by atoms with Crippen molar-refractivity contribution >= 4 is 11.9 Å². The minimum atomic E-state index is -1.24. The Labute approximate surface area is 261 Å². The van der Waals surface area contributed by atoms with Crippen molar-refractivity contribution in [2.45, 2.75) is 121 Å². The van der Waals surface area contributed by atoms with Gasteiger partial charge in [0.15, 0.2) is 12.4 Å². The number of benzene rings is 2. The van der Waals surface area contributed by atoms with E-state index in [-0.39, 0.29) is 18.7 Å². The van der Waals surface area contributed by atoms with Gasteiger partial charge in [0.2, 0.25) is 0 Å². The molecule has 9 heteroatoms. The van der Waals surface area contributed by atoms with Gasteiger partial charge >= 0.3 is 11.9 Å². The van der Waals surface area contributed by atoms with E-state index >= 15 is 0 Å². The Bertz CT molecular complexity index is 1060. The first-order chi connectivity index (χ1) is 21.5. The van der Waals surface area contributed by atoms with Crippen LogP contribution in [0.4, 0.5) is 0 Å². The Morgan fingerprint density at radius 3 is 2.14 bits per heavy atom. The summed E-state index contributed by atoms with van der Waals surface area (Å²) in [5, 5.41) is 21.2. The van der Waals surface area contributed by atoms with Crippen LogP contribution in [0, 0.1) is 0 Å². The van der Waals surface area contributed by atoms with Crippen LogP contribution in [-0.4, -0.2) is 72.7 Å². The zero-order valence-electron chi connectivity index (χ0n) is 26.2. The Morgan fingerprint density at radius 1 is 0.864 bits per heavy atom. The maximum Gasteiger partial charge on any atom is 0.338 e. The van der Waals surface area contributed by atoms with E-state index in [1.165, 1.54) is 7.11 Å². The van der Waals surface area contributed by atoms with E-state index < -0.39 is 43.3 Å². The molecule has 6 atom stereocenters. The van der Waals surface area contributed by atoms with Crippen molar-refractivity contribution in [3.8, 4) is 0 Å². The minimum Gasteiger partial charge on any atom is -0.469 e. The second kappa shape index (κ2) is 20.3. The molecule has 3 rings (SSSR count). The van der Waals surface area contributed by atoms with Crippen LogP contribution in [0.25, 0.3) is 0 Å². The summed E-state index contributed by atoms with van der Waals surface area (Å²) in [6, 6.07) is 18.2. The molecule has 2 aromatic rings. The van der Waals surface area contributed by atoms with Gasteiger partial charge in [0.25, 0.3) is 0 Å². The fraction of sp³-hybridized carbons (Fsp3) is 0.600. The van der Waals surface area contributed by atoms with Crippen LogP contribution in [0.1, 0.15) is 93.5 Å². The molecule has 0 aromatic heterocycles. The topological polar surface area (TPSA) is 121 Å². The molecule has 1 heterocycles. The van der Waals surface area contributed by atoms with Crippen LogP contribution in [0.15, 0.2) is 60.7 Å². The predicted octanol–water partition coefficient (Wildman–Crippen LogP) is 5.74. The largest absolute Gasteiger partial charge is 0.469 e. The van der Waals surface area contributed by atoms with E-state index in [2.05, 4.69) is 11.7 Å².